The van der Waals surface area contributed by atoms with Crippen LogP contribution in [-0.4, -0.2) is 42.4 Å². The first-order chi connectivity index (χ1) is 13.3. The molecule has 1 aromatic heterocycles. The number of tetrazole rings is 1. The first kappa shape index (κ1) is 18.8. The van der Waals surface area contributed by atoms with Crippen LogP contribution in [0.25, 0.3) is 11.4 Å². The molecule has 0 saturated carbocycles. The summed E-state index contributed by atoms with van der Waals surface area (Å²) in [6.45, 7) is 0.265. The Labute approximate surface area is 162 Å². The lowest BCUT2D eigenvalue weighted by molar-refractivity contribution is -0.137. The summed E-state index contributed by atoms with van der Waals surface area (Å²) in [5.41, 5.74) is 0.292. The fourth-order valence-electron chi connectivity index (χ4n) is 2.80. The lowest BCUT2D eigenvalue weighted by Crippen LogP contribution is -2.47. The van der Waals surface area contributed by atoms with Crippen LogP contribution < -0.4 is 5.32 Å². The van der Waals surface area contributed by atoms with Crippen LogP contribution in [-0.2, 0) is 12.7 Å². The Morgan fingerprint density at radius 2 is 1.82 bits per heavy atom. The molecule has 1 saturated heterocycles. The van der Waals surface area contributed by atoms with Gasteiger partial charge in [-0.05, 0) is 41.6 Å². The lowest BCUT2D eigenvalue weighted by atomic mass is 10.1. The van der Waals surface area contributed by atoms with Gasteiger partial charge in [-0.25, -0.2) is 0 Å². The maximum absolute atomic E-state index is 12.7. The van der Waals surface area contributed by atoms with Gasteiger partial charge in [-0.2, -0.15) is 29.7 Å². The van der Waals surface area contributed by atoms with Crippen molar-refractivity contribution in [3.63, 3.8) is 0 Å². The molecule has 0 aliphatic carbocycles. The Balaban J connectivity index is 1.55. The number of nitrogens with zero attached hydrogens (tertiary/aromatic N) is 4. The fourth-order valence-corrected chi connectivity index (χ4v) is 3.65. The van der Waals surface area contributed by atoms with Gasteiger partial charge in [0.15, 0.2) is 0 Å². The van der Waals surface area contributed by atoms with Crippen LogP contribution in [0.3, 0.4) is 0 Å². The monoisotopic (exact) mass is 407 g/mol. The summed E-state index contributed by atoms with van der Waals surface area (Å²) in [6, 6.07) is 12.0. The van der Waals surface area contributed by atoms with Crippen LogP contribution in [0.1, 0.15) is 5.56 Å². The van der Waals surface area contributed by atoms with Crippen molar-refractivity contribution >= 4 is 23.1 Å². The molecular formula is C18H16F3N5OS. The second-order valence-corrected chi connectivity index (χ2v) is 7.59. The zero-order chi connectivity index (χ0) is 19.8. The van der Waals surface area contributed by atoms with Crippen LogP contribution in [0, 0.1) is 0 Å². The number of alkyl halides is 3. The molecule has 0 amide bonds. The first-order valence-electron chi connectivity index (χ1n) is 8.44. The van der Waals surface area contributed by atoms with Gasteiger partial charge in [0.05, 0.1) is 12.1 Å². The van der Waals surface area contributed by atoms with E-state index < -0.39 is 17.3 Å². The van der Waals surface area contributed by atoms with Gasteiger partial charge < -0.3 is 10.4 Å². The van der Waals surface area contributed by atoms with Gasteiger partial charge in [0.1, 0.15) is 5.60 Å². The second-order valence-electron chi connectivity index (χ2n) is 6.61. The van der Waals surface area contributed by atoms with Gasteiger partial charge >= 0.3 is 6.18 Å². The van der Waals surface area contributed by atoms with E-state index in [-0.39, 0.29) is 6.54 Å². The molecule has 2 heterocycles. The summed E-state index contributed by atoms with van der Waals surface area (Å²) in [4.78, 5) is 1.37. The van der Waals surface area contributed by atoms with Crippen molar-refractivity contribution in [2.75, 3.05) is 16.8 Å². The van der Waals surface area contributed by atoms with Crippen LogP contribution in [0.5, 0.6) is 0 Å². The predicted molar refractivity (Wildman–Crippen MR) is 100 cm³/mol. The third-order valence-corrected chi connectivity index (χ3v) is 5.77. The molecule has 28 heavy (non-hydrogen) atoms. The average molecular weight is 407 g/mol. The lowest BCUT2D eigenvalue weighted by Gasteiger charge is -2.34. The molecule has 1 aliphatic heterocycles. The highest BCUT2D eigenvalue weighted by Gasteiger charge is 2.36. The van der Waals surface area contributed by atoms with Crippen molar-refractivity contribution in [3.8, 4) is 11.4 Å². The molecule has 10 heteroatoms. The van der Waals surface area contributed by atoms with E-state index in [9.17, 15) is 18.3 Å². The average Bonchev–Trinajstić information content (AvgIpc) is 3.09. The number of nitrogens with one attached hydrogen (secondary N) is 1. The topological polar surface area (TPSA) is 75.9 Å². The third kappa shape index (κ3) is 3.97. The summed E-state index contributed by atoms with van der Waals surface area (Å²) >= 11 is 1.65. The number of thioether (sulfide) groups is 1. The highest BCUT2D eigenvalue weighted by atomic mass is 32.2. The molecule has 1 fully saturated rings. The number of benzene rings is 2. The Bertz CT molecular complexity index is 970. The highest BCUT2D eigenvalue weighted by Crippen LogP contribution is 2.33. The first-order valence-corrected chi connectivity index (χ1v) is 9.60. The zero-order valence-corrected chi connectivity index (χ0v) is 15.3. The Kier molecular flexibility index (Phi) is 4.76. The Morgan fingerprint density at radius 1 is 1.11 bits per heavy atom. The molecular weight excluding hydrogens is 391 g/mol. The maximum Gasteiger partial charge on any atom is 0.416 e. The van der Waals surface area contributed by atoms with Crippen molar-refractivity contribution in [1.29, 1.82) is 0 Å². The van der Waals surface area contributed by atoms with E-state index >= 15 is 0 Å². The molecule has 6 nitrogen and oxygen atoms in total. The highest BCUT2D eigenvalue weighted by molar-refractivity contribution is 8.00. The number of hydrogen-bond donors (Lipinski definition) is 2. The smallest absolute Gasteiger partial charge is 0.386 e. The molecule has 2 N–H and O–H groups in total. The van der Waals surface area contributed by atoms with E-state index in [4.69, 9.17) is 0 Å². The van der Waals surface area contributed by atoms with Gasteiger partial charge in [-0.3, -0.25) is 0 Å². The summed E-state index contributed by atoms with van der Waals surface area (Å²) in [5, 5.41) is 25.7. The number of halogens is 3. The number of aromatic nitrogens is 4. The molecule has 4 rings (SSSR count). The molecule has 2 aromatic carbocycles. The number of rotatable bonds is 5. The van der Waals surface area contributed by atoms with E-state index in [0.717, 1.165) is 12.1 Å². The Morgan fingerprint density at radius 3 is 2.46 bits per heavy atom. The fraction of sp³-hybridized carbons (Fsp3) is 0.278. The summed E-state index contributed by atoms with van der Waals surface area (Å²) in [7, 11) is 0. The minimum atomic E-state index is -4.37. The summed E-state index contributed by atoms with van der Waals surface area (Å²) < 4.78 is 38.1. The standard InChI is InChI=1S/C18H16F3N5OS/c19-18(20,21)12-5-7-13(8-6-12)22-15-4-2-1-3-14(15)16-23-25-26(24-16)9-17(27)10-28-11-17/h1-8,22,27H,9-11H2. The number of para-hydroxylation sites is 1. The molecule has 0 atom stereocenters. The number of anilines is 2. The van der Waals surface area contributed by atoms with E-state index in [1.54, 1.807) is 30.0 Å². The normalized spacial score (nSPS) is 15.9. The van der Waals surface area contributed by atoms with E-state index in [2.05, 4.69) is 20.7 Å². The SMILES string of the molecule is OC1(Cn2nnc(-c3ccccc3Nc3ccc(C(F)(F)F)cc3)n2)CSC1. The van der Waals surface area contributed by atoms with Gasteiger partial charge in [-0.15, -0.1) is 10.2 Å². The second kappa shape index (κ2) is 7.10. The Hall–Kier alpha value is -2.59. The molecule has 0 bridgehead atoms. The molecule has 0 radical (unpaired) electrons. The summed E-state index contributed by atoms with van der Waals surface area (Å²) in [6.07, 6.45) is -4.37. The van der Waals surface area contributed by atoms with Crippen molar-refractivity contribution in [2.24, 2.45) is 0 Å². The van der Waals surface area contributed by atoms with Gasteiger partial charge in [0.2, 0.25) is 5.82 Å². The molecule has 0 spiro atoms. The predicted octanol–water partition coefficient (Wildman–Crippen LogP) is 3.58. The number of hydrogen-bond acceptors (Lipinski definition) is 6. The van der Waals surface area contributed by atoms with Gasteiger partial charge in [-0.1, -0.05) is 12.1 Å². The quantitative estimate of drug-likeness (QED) is 0.673. The van der Waals surface area contributed by atoms with Crippen LogP contribution in [0.4, 0.5) is 24.5 Å². The summed E-state index contributed by atoms with van der Waals surface area (Å²) in [5.74, 6) is 1.64. The molecule has 1 aliphatic rings. The largest absolute Gasteiger partial charge is 0.416 e. The van der Waals surface area contributed by atoms with E-state index in [0.29, 0.717) is 34.3 Å². The number of aliphatic hydroxyl groups is 1. The van der Waals surface area contributed by atoms with Gasteiger partial charge in [0, 0.05) is 28.4 Å². The molecule has 0 unspecified atom stereocenters. The van der Waals surface area contributed by atoms with Crippen LogP contribution in [0.15, 0.2) is 48.5 Å². The molecule has 3 aromatic rings. The van der Waals surface area contributed by atoms with Crippen molar-refractivity contribution in [3.05, 3.63) is 54.1 Å². The zero-order valence-electron chi connectivity index (χ0n) is 14.5. The minimum Gasteiger partial charge on any atom is -0.386 e. The van der Waals surface area contributed by atoms with E-state index in [1.807, 2.05) is 6.07 Å². The third-order valence-electron chi connectivity index (χ3n) is 4.29. The van der Waals surface area contributed by atoms with Crippen molar-refractivity contribution in [2.45, 2.75) is 18.3 Å². The molecule has 146 valence electrons. The van der Waals surface area contributed by atoms with Gasteiger partial charge in [0.25, 0.3) is 0 Å². The van der Waals surface area contributed by atoms with Crippen LogP contribution in [0.2, 0.25) is 0 Å². The van der Waals surface area contributed by atoms with Crippen LogP contribution >= 0.6 is 11.8 Å². The minimum absolute atomic E-state index is 0.265. The van der Waals surface area contributed by atoms with E-state index in [1.165, 1.54) is 16.9 Å². The van der Waals surface area contributed by atoms with Crippen molar-refractivity contribution < 1.29 is 18.3 Å². The maximum atomic E-state index is 12.7. The van der Waals surface area contributed by atoms with Crippen molar-refractivity contribution in [1.82, 2.24) is 20.2 Å².